The van der Waals surface area contributed by atoms with Gasteiger partial charge in [-0.2, -0.15) is 0 Å². The van der Waals surface area contributed by atoms with E-state index in [9.17, 15) is 0 Å². The molecule has 0 N–H and O–H groups in total. The molecule has 12 aromatic rings. The first-order chi connectivity index (χ1) is 30.7. The second kappa shape index (κ2) is 14.7. The summed E-state index contributed by atoms with van der Waals surface area (Å²) in [4.78, 5) is 19.7. The van der Waals surface area contributed by atoms with Crippen LogP contribution in [0.5, 0.6) is 0 Å². The number of hydrogen-bond donors (Lipinski definition) is 0. The summed E-state index contributed by atoms with van der Waals surface area (Å²) in [6.07, 6.45) is 1.84. The monoisotopic (exact) mass is 792 g/mol. The molecule has 0 radical (unpaired) electrons. The van der Waals surface area contributed by atoms with Gasteiger partial charge >= 0.3 is 0 Å². The molecule has 0 aliphatic rings. The molecule has 6 heteroatoms. The van der Waals surface area contributed by atoms with Crippen molar-refractivity contribution in [2.45, 2.75) is 0 Å². The molecule has 0 saturated heterocycles. The molecule has 4 heterocycles. The number of fused-ring (bicyclic) bond motifs is 6. The first-order valence-corrected chi connectivity index (χ1v) is 20.8. The van der Waals surface area contributed by atoms with Crippen molar-refractivity contribution >= 4 is 43.6 Å². The van der Waals surface area contributed by atoms with E-state index in [1.165, 1.54) is 38.3 Å². The van der Waals surface area contributed by atoms with Crippen molar-refractivity contribution in [2.24, 2.45) is 0 Å². The molecule has 0 fully saturated rings. The molecule has 0 amide bonds. The average molecular weight is 793 g/mol. The molecule has 0 saturated carbocycles. The topological polar surface area (TPSA) is 61.4 Å². The van der Waals surface area contributed by atoms with Gasteiger partial charge in [-0.3, -0.25) is 4.98 Å². The minimum absolute atomic E-state index is 0.598. The van der Waals surface area contributed by atoms with Crippen LogP contribution in [0.15, 0.2) is 219 Å². The number of rotatable bonds is 7. The van der Waals surface area contributed by atoms with Crippen molar-refractivity contribution < 1.29 is 0 Å². The molecule has 0 unspecified atom stereocenters. The van der Waals surface area contributed by atoms with E-state index in [0.717, 1.165) is 55.7 Å². The molecule has 0 spiro atoms. The van der Waals surface area contributed by atoms with E-state index in [-0.39, 0.29) is 0 Å². The molecule has 62 heavy (non-hydrogen) atoms. The van der Waals surface area contributed by atoms with Gasteiger partial charge in [-0.15, -0.1) is 0 Å². The maximum atomic E-state index is 4.97. The zero-order valence-corrected chi connectivity index (χ0v) is 33.5. The van der Waals surface area contributed by atoms with Crippen molar-refractivity contribution in [3.8, 4) is 67.9 Å². The van der Waals surface area contributed by atoms with Gasteiger partial charge in [0.1, 0.15) is 0 Å². The molecule has 12 rings (SSSR count). The smallest absolute Gasteiger partial charge is 0.164 e. The SMILES string of the molecule is c1ccc(-c2nc(-c3ccccc3)nc(-c3ccnc(-c4ccc5c(c4)c4ccccc4n5-c4ccc(-c5ccc6c7ccccc7n(-c7ccccc7)c6c5)cc4)c3)n2)cc1. The number of benzene rings is 8. The van der Waals surface area contributed by atoms with Crippen LogP contribution in [0, 0.1) is 0 Å². The Kier molecular flexibility index (Phi) is 8.38. The average Bonchev–Trinajstić information content (AvgIpc) is 3.87. The standard InChI is InChI=1S/C56H36N6/c1-4-14-38(15-5-1)54-58-55(39-16-6-2-7-17-39)60-56(59-54)42-32-33-57-49(35-42)41-27-31-52-48(34-41)46-21-11-13-23-51(46)61(52)44-28-24-37(25-29-44)40-26-30-47-45-20-10-12-22-50(45)62(53(47)36-40)43-18-8-3-9-19-43/h1-36H. The van der Waals surface area contributed by atoms with E-state index >= 15 is 0 Å². The Morgan fingerprint density at radius 1 is 0.274 bits per heavy atom. The third-order valence-electron chi connectivity index (χ3n) is 11.8. The lowest BCUT2D eigenvalue weighted by Gasteiger charge is -2.11. The molecule has 290 valence electrons. The van der Waals surface area contributed by atoms with Crippen molar-refractivity contribution in [1.29, 1.82) is 0 Å². The fraction of sp³-hybridized carbons (Fsp3) is 0. The summed E-state index contributed by atoms with van der Waals surface area (Å²) >= 11 is 0. The minimum atomic E-state index is 0.598. The Morgan fingerprint density at radius 3 is 1.42 bits per heavy atom. The predicted octanol–water partition coefficient (Wildman–Crippen LogP) is 13.8. The molecule has 0 bridgehead atoms. The molecular weight excluding hydrogens is 757 g/mol. The second-order valence-electron chi connectivity index (χ2n) is 15.5. The number of hydrogen-bond acceptors (Lipinski definition) is 4. The lowest BCUT2D eigenvalue weighted by atomic mass is 10.0. The number of aromatic nitrogens is 6. The number of para-hydroxylation sites is 3. The van der Waals surface area contributed by atoms with Gasteiger partial charge in [0.15, 0.2) is 17.5 Å². The third-order valence-corrected chi connectivity index (χ3v) is 11.8. The minimum Gasteiger partial charge on any atom is -0.309 e. The highest BCUT2D eigenvalue weighted by Gasteiger charge is 2.17. The molecule has 6 nitrogen and oxygen atoms in total. The Morgan fingerprint density at radius 2 is 0.758 bits per heavy atom. The van der Waals surface area contributed by atoms with Crippen LogP contribution in [-0.2, 0) is 0 Å². The Labute approximate surface area is 357 Å². The summed E-state index contributed by atoms with van der Waals surface area (Å²) in [5.74, 6) is 1.85. The number of pyridine rings is 1. The van der Waals surface area contributed by atoms with Crippen molar-refractivity contribution in [2.75, 3.05) is 0 Å². The van der Waals surface area contributed by atoms with Gasteiger partial charge in [0.25, 0.3) is 0 Å². The van der Waals surface area contributed by atoms with Crippen LogP contribution in [0.25, 0.3) is 112 Å². The highest BCUT2D eigenvalue weighted by atomic mass is 15.0. The number of nitrogens with zero attached hydrogens (tertiary/aromatic N) is 6. The zero-order chi connectivity index (χ0) is 41.0. The fourth-order valence-electron chi connectivity index (χ4n) is 8.88. The summed E-state index contributed by atoms with van der Waals surface area (Å²) < 4.78 is 4.73. The van der Waals surface area contributed by atoms with Crippen LogP contribution in [0.4, 0.5) is 0 Å². The summed E-state index contributed by atoms with van der Waals surface area (Å²) in [6.45, 7) is 0. The highest BCUT2D eigenvalue weighted by molar-refractivity contribution is 6.11. The summed E-state index contributed by atoms with van der Waals surface area (Å²) in [7, 11) is 0. The van der Waals surface area contributed by atoms with E-state index in [4.69, 9.17) is 19.9 Å². The lowest BCUT2D eigenvalue weighted by Crippen LogP contribution is -2.00. The fourth-order valence-corrected chi connectivity index (χ4v) is 8.88. The van der Waals surface area contributed by atoms with Crippen LogP contribution in [-0.4, -0.2) is 29.1 Å². The molecule has 0 aliphatic heterocycles. The zero-order valence-electron chi connectivity index (χ0n) is 33.5. The third kappa shape index (κ3) is 6.04. The van der Waals surface area contributed by atoms with E-state index in [1.54, 1.807) is 0 Å². The van der Waals surface area contributed by atoms with Gasteiger partial charge in [-0.25, -0.2) is 15.0 Å². The Hall–Kier alpha value is -8.48. The van der Waals surface area contributed by atoms with Crippen LogP contribution in [0.3, 0.4) is 0 Å². The van der Waals surface area contributed by atoms with E-state index < -0.39 is 0 Å². The van der Waals surface area contributed by atoms with Crippen molar-refractivity contribution in [3.05, 3.63) is 219 Å². The van der Waals surface area contributed by atoms with Gasteiger partial charge in [0, 0.05) is 61.4 Å². The van der Waals surface area contributed by atoms with Gasteiger partial charge in [0.2, 0.25) is 0 Å². The van der Waals surface area contributed by atoms with Gasteiger partial charge in [-0.05, 0) is 77.9 Å². The van der Waals surface area contributed by atoms with Crippen molar-refractivity contribution in [1.82, 2.24) is 29.1 Å². The maximum Gasteiger partial charge on any atom is 0.164 e. The van der Waals surface area contributed by atoms with Gasteiger partial charge in [0.05, 0.1) is 27.8 Å². The van der Waals surface area contributed by atoms with Crippen LogP contribution in [0.2, 0.25) is 0 Å². The predicted molar refractivity (Wildman–Crippen MR) is 253 cm³/mol. The van der Waals surface area contributed by atoms with Crippen LogP contribution in [0.1, 0.15) is 0 Å². The maximum absolute atomic E-state index is 4.97. The molecule has 0 aliphatic carbocycles. The van der Waals surface area contributed by atoms with E-state index in [1.807, 2.05) is 72.9 Å². The summed E-state index contributed by atoms with van der Waals surface area (Å²) in [5, 5.41) is 4.84. The molecular formula is C56H36N6. The van der Waals surface area contributed by atoms with Crippen LogP contribution >= 0.6 is 0 Å². The summed E-state index contributed by atoms with van der Waals surface area (Å²) in [5.41, 5.74) is 13.9. The normalized spacial score (nSPS) is 11.5. The first-order valence-electron chi connectivity index (χ1n) is 20.8. The Balaban J connectivity index is 0.921. The summed E-state index contributed by atoms with van der Waals surface area (Å²) in [6, 6.07) is 74.5. The first kappa shape index (κ1) is 35.5. The van der Waals surface area contributed by atoms with E-state index in [2.05, 4.69) is 155 Å². The largest absolute Gasteiger partial charge is 0.309 e. The van der Waals surface area contributed by atoms with Crippen LogP contribution < -0.4 is 0 Å². The van der Waals surface area contributed by atoms with E-state index in [0.29, 0.717) is 17.5 Å². The quantitative estimate of drug-likeness (QED) is 0.161. The Bertz CT molecular complexity index is 3550. The highest BCUT2D eigenvalue weighted by Crippen LogP contribution is 2.38. The van der Waals surface area contributed by atoms with Gasteiger partial charge in [-0.1, -0.05) is 146 Å². The second-order valence-corrected chi connectivity index (χ2v) is 15.5. The molecule has 0 atom stereocenters. The lowest BCUT2D eigenvalue weighted by molar-refractivity contribution is 1.07. The molecule has 4 aromatic heterocycles. The van der Waals surface area contributed by atoms with Crippen molar-refractivity contribution in [3.63, 3.8) is 0 Å². The van der Waals surface area contributed by atoms with Gasteiger partial charge < -0.3 is 9.13 Å². The molecule has 8 aromatic carbocycles.